The lowest BCUT2D eigenvalue weighted by molar-refractivity contribution is 0.0965. The van der Waals surface area contributed by atoms with Crippen LogP contribution in [0.1, 0.15) is 26.2 Å². The van der Waals surface area contributed by atoms with Crippen LogP contribution in [0.5, 0.6) is 0 Å². The van der Waals surface area contributed by atoms with E-state index in [4.69, 9.17) is 4.74 Å². The highest BCUT2D eigenvalue weighted by atomic mass is 32.2. The van der Waals surface area contributed by atoms with Crippen LogP contribution in [0.25, 0.3) is 0 Å². The summed E-state index contributed by atoms with van der Waals surface area (Å²) in [6.45, 7) is 4.49. The highest BCUT2D eigenvalue weighted by molar-refractivity contribution is 7.90. The second-order valence-electron chi connectivity index (χ2n) is 5.24. The molecule has 0 bridgehead atoms. The number of sulfonamides is 1. The Kier molecular flexibility index (Phi) is 5.22. The predicted molar refractivity (Wildman–Crippen MR) is 74.9 cm³/mol. The van der Waals surface area contributed by atoms with Gasteiger partial charge in [-0.15, -0.1) is 0 Å². The Morgan fingerprint density at radius 1 is 1.35 bits per heavy atom. The van der Waals surface area contributed by atoms with E-state index in [0.29, 0.717) is 45.5 Å². The molecule has 0 saturated carbocycles. The van der Waals surface area contributed by atoms with E-state index in [0.717, 1.165) is 6.54 Å². The minimum Gasteiger partial charge on any atom is -0.450 e. The summed E-state index contributed by atoms with van der Waals surface area (Å²) in [4.78, 5) is 13.2. The van der Waals surface area contributed by atoms with E-state index < -0.39 is 10.0 Å². The van der Waals surface area contributed by atoms with Gasteiger partial charge in [0.15, 0.2) is 0 Å². The molecule has 2 fully saturated rings. The van der Waals surface area contributed by atoms with Crippen molar-refractivity contribution in [3.63, 3.8) is 0 Å². The highest BCUT2D eigenvalue weighted by Gasteiger charge is 2.32. The molecule has 2 N–H and O–H groups in total. The van der Waals surface area contributed by atoms with E-state index in [1.54, 1.807) is 11.8 Å². The van der Waals surface area contributed by atoms with Gasteiger partial charge in [-0.1, -0.05) is 0 Å². The fourth-order valence-corrected chi connectivity index (χ4v) is 4.27. The number of nitrogens with zero attached hydrogens (tertiary/aromatic N) is 1. The summed E-state index contributed by atoms with van der Waals surface area (Å²) in [5.41, 5.74) is 0. The van der Waals surface area contributed by atoms with Crippen LogP contribution in [0.4, 0.5) is 4.79 Å². The third-order valence-electron chi connectivity index (χ3n) is 3.81. The van der Waals surface area contributed by atoms with Crippen molar-refractivity contribution in [3.05, 3.63) is 0 Å². The quantitative estimate of drug-likeness (QED) is 0.756. The van der Waals surface area contributed by atoms with E-state index in [9.17, 15) is 13.2 Å². The maximum absolute atomic E-state index is 12.2. The van der Waals surface area contributed by atoms with Crippen LogP contribution in [0.15, 0.2) is 0 Å². The minimum absolute atomic E-state index is 0.0775. The van der Waals surface area contributed by atoms with Gasteiger partial charge in [0.25, 0.3) is 0 Å². The zero-order chi connectivity index (χ0) is 14.6. The van der Waals surface area contributed by atoms with Crippen LogP contribution in [0.3, 0.4) is 0 Å². The number of nitrogens with one attached hydrogen (secondary N) is 2. The summed E-state index contributed by atoms with van der Waals surface area (Å²) in [6.07, 6.45) is 1.63. The molecule has 1 atom stereocenters. The Morgan fingerprint density at radius 2 is 2.05 bits per heavy atom. The first-order chi connectivity index (χ1) is 9.53. The van der Waals surface area contributed by atoms with E-state index in [-0.39, 0.29) is 17.4 Å². The first-order valence-electron chi connectivity index (χ1n) is 7.16. The smallest absolute Gasteiger partial charge is 0.409 e. The molecular formula is C12H23N3O4S. The lowest BCUT2D eigenvalue weighted by Gasteiger charge is -2.32. The van der Waals surface area contributed by atoms with E-state index >= 15 is 0 Å². The number of carbonyl (C=O) groups is 1. The highest BCUT2D eigenvalue weighted by Crippen LogP contribution is 2.15. The van der Waals surface area contributed by atoms with E-state index in [2.05, 4.69) is 10.0 Å². The summed E-state index contributed by atoms with van der Waals surface area (Å²) in [5.74, 6) is 0. The first kappa shape index (κ1) is 15.5. The van der Waals surface area contributed by atoms with Gasteiger partial charge in [-0.25, -0.2) is 17.9 Å². The Morgan fingerprint density at radius 3 is 2.60 bits per heavy atom. The fourth-order valence-electron chi connectivity index (χ4n) is 2.62. The van der Waals surface area contributed by atoms with Crippen LogP contribution in [-0.2, 0) is 14.8 Å². The number of rotatable bonds is 4. The van der Waals surface area contributed by atoms with Crippen molar-refractivity contribution in [3.8, 4) is 0 Å². The summed E-state index contributed by atoms with van der Waals surface area (Å²) >= 11 is 0. The molecule has 1 amide bonds. The second-order valence-corrected chi connectivity index (χ2v) is 7.23. The molecule has 2 aliphatic heterocycles. The van der Waals surface area contributed by atoms with Gasteiger partial charge in [0.1, 0.15) is 0 Å². The van der Waals surface area contributed by atoms with Crippen molar-refractivity contribution in [2.45, 2.75) is 37.5 Å². The van der Waals surface area contributed by atoms with Gasteiger partial charge < -0.3 is 15.0 Å². The number of ether oxygens (including phenoxy) is 1. The number of piperidine rings is 1. The van der Waals surface area contributed by atoms with Gasteiger partial charge in [0, 0.05) is 25.7 Å². The van der Waals surface area contributed by atoms with E-state index in [1.165, 1.54) is 0 Å². The third-order valence-corrected chi connectivity index (χ3v) is 5.75. The van der Waals surface area contributed by atoms with Crippen molar-refractivity contribution in [1.29, 1.82) is 0 Å². The average molecular weight is 305 g/mol. The summed E-state index contributed by atoms with van der Waals surface area (Å²) in [5, 5.41) is 2.73. The number of amides is 1. The molecule has 7 nitrogen and oxygen atoms in total. The standard InChI is InChI=1S/C12H23N3O4S/c1-2-19-12(16)15-7-4-10(5-8-15)14-20(17,18)11-3-6-13-9-11/h10-11,13-14H,2-9H2,1H3. The molecule has 0 aromatic carbocycles. The number of hydrogen-bond acceptors (Lipinski definition) is 5. The van der Waals surface area contributed by atoms with Crippen LogP contribution in [0, 0.1) is 0 Å². The fraction of sp³-hybridized carbons (Fsp3) is 0.917. The molecule has 0 radical (unpaired) electrons. The van der Waals surface area contributed by atoms with Crippen molar-refractivity contribution < 1.29 is 17.9 Å². The normalized spacial score (nSPS) is 24.9. The zero-order valence-corrected chi connectivity index (χ0v) is 12.6. The number of hydrogen-bond donors (Lipinski definition) is 2. The largest absolute Gasteiger partial charge is 0.450 e. The van der Waals surface area contributed by atoms with Gasteiger partial charge in [0.2, 0.25) is 10.0 Å². The van der Waals surface area contributed by atoms with Crippen molar-refractivity contribution in [2.75, 3.05) is 32.8 Å². The van der Waals surface area contributed by atoms with Crippen LogP contribution >= 0.6 is 0 Å². The summed E-state index contributed by atoms with van der Waals surface area (Å²) in [7, 11) is -3.25. The summed E-state index contributed by atoms with van der Waals surface area (Å²) in [6, 6.07) is -0.0775. The van der Waals surface area contributed by atoms with Crippen molar-refractivity contribution >= 4 is 16.1 Å². The molecule has 0 aliphatic carbocycles. The van der Waals surface area contributed by atoms with Crippen LogP contribution < -0.4 is 10.0 Å². The lowest BCUT2D eigenvalue weighted by Crippen LogP contribution is -2.48. The van der Waals surface area contributed by atoms with E-state index in [1.807, 2.05) is 0 Å². The zero-order valence-electron chi connectivity index (χ0n) is 11.8. The topological polar surface area (TPSA) is 87.7 Å². The van der Waals surface area contributed by atoms with Gasteiger partial charge >= 0.3 is 6.09 Å². The average Bonchev–Trinajstić information content (AvgIpc) is 2.94. The monoisotopic (exact) mass is 305 g/mol. The number of likely N-dealkylation sites (tertiary alicyclic amines) is 1. The molecule has 2 heterocycles. The SMILES string of the molecule is CCOC(=O)N1CCC(NS(=O)(=O)C2CCNC2)CC1. The molecule has 0 aromatic rings. The number of carbonyl (C=O) groups excluding carboxylic acids is 1. The Hall–Kier alpha value is -0.860. The van der Waals surface area contributed by atoms with Gasteiger partial charge in [-0.3, -0.25) is 0 Å². The Labute approximate surface area is 120 Å². The maximum Gasteiger partial charge on any atom is 0.409 e. The van der Waals surface area contributed by atoms with Gasteiger partial charge in [0.05, 0.1) is 11.9 Å². The lowest BCUT2D eigenvalue weighted by atomic mass is 10.1. The minimum atomic E-state index is -3.25. The van der Waals surface area contributed by atoms with Crippen molar-refractivity contribution in [1.82, 2.24) is 14.9 Å². The molecule has 116 valence electrons. The maximum atomic E-state index is 12.2. The second kappa shape index (κ2) is 6.73. The van der Waals surface area contributed by atoms with Crippen LogP contribution in [0.2, 0.25) is 0 Å². The van der Waals surface area contributed by atoms with Crippen molar-refractivity contribution in [2.24, 2.45) is 0 Å². The Balaban J connectivity index is 1.80. The van der Waals surface area contributed by atoms with Gasteiger partial charge in [-0.05, 0) is 32.7 Å². The molecule has 0 spiro atoms. The molecule has 20 heavy (non-hydrogen) atoms. The Bertz CT molecular complexity index is 426. The summed E-state index contributed by atoms with van der Waals surface area (Å²) < 4.78 is 32.0. The molecule has 2 aliphatic rings. The first-order valence-corrected chi connectivity index (χ1v) is 8.71. The molecular weight excluding hydrogens is 282 g/mol. The van der Waals surface area contributed by atoms with Crippen LogP contribution in [-0.4, -0.2) is 63.5 Å². The van der Waals surface area contributed by atoms with Gasteiger partial charge in [-0.2, -0.15) is 0 Å². The molecule has 0 aromatic heterocycles. The molecule has 8 heteroatoms. The predicted octanol–water partition coefficient (Wildman–Crippen LogP) is -0.111. The molecule has 2 rings (SSSR count). The third kappa shape index (κ3) is 3.83. The molecule has 1 unspecified atom stereocenters. The molecule has 2 saturated heterocycles.